The van der Waals surface area contributed by atoms with Crippen molar-refractivity contribution in [3.8, 4) is 5.88 Å². The van der Waals surface area contributed by atoms with E-state index in [0.29, 0.717) is 12.5 Å². The first kappa shape index (κ1) is 14.7. The van der Waals surface area contributed by atoms with Crippen molar-refractivity contribution in [3.05, 3.63) is 11.9 Å². The van der Waals surface area contributed by atoms with Gasteiger partial charge in [-0.1, -0.05) is 33.1 Å². The summed E-state index contributed by atoms with van der Waals surface area (Å²) in [6.45, 7) is 7.86. The van der Waals surface area contributed by atoms with Crippen LogP contribution < -0.4 is 10.1 Å². The number of hydrogen-bond donors (Lipinski definition) is 1. The molecule has 1 aromatic rings. The molecule has 4 heteroatoms. The fourth-order valence-electron chi connectivity index (χ4n) is 1.68. The van der Waals surface area contributed by atoms with Crippen molar-refractivity contribution in [1.82, 2.24) is 9.97 Å². The average Bonchev–Trinajstić information content (AvgIpc) is 2.35. The predicted molar refractivity (Wildman–Crippen MR) is 75.2 cm³/mol. The number of rotatable bonds is 9. The van der Waals surface area contributed by atoms with Gasteiger partial charge in [0.25, 0.3) is 0 Å². The van der Waals surface area contributed by atoms with E-state index in [2.05, 4.69) is 29.1 Å². The molecule has 0 aliphatic carbocycles. The normalized spacial score (nSPS) is 10.4. The highest BCUT2D eigenvalue weighted by Crippen LogP contribution is 2.13. The minimum atomic E-state index is 0.667. The van der Waals surface area contributed by atoms with Gasteiger partial charge in [0.15, 0.2) is 0 Å². The lowest BCUT2D eigenvalue weighted by molar-refractivity contribution is 0.304. The van der Waals surface area contributed by atoms with Crippen LogP contribution in [0.4, 0.5) is 5.82 Å². The van der Waals surface area contributed by atoms with Crippen molar-refractivity contribution in [2.24, 2.45) is 0 Å². The maximum Gasteiger partial charge on any atom is 0.218 e. The van der Waals surface area contributed by atoms with Gasteiger partial charge in [-0.15, -0.1) is 0 Å². The van der Waals surface area contributed by atoms with E-state index in [9.17, 15) is 0 Å². The van der Waals surface area contributed by atoms with Crippen molar-refractivity contribution in [2.75, 3.05) is 18.5 Å². The zero-order chi connectivity index (χ0) is 13.2. The Morgan fingerprint density at radius 3 is 2.67 bits per heavy atom. The average molecular weight is 251 g/mol. The standard InChI is InChI=1S/C14H25N3O/c1-4-6-7-8-9-15-13-11-14(18-10-5-2)17-12(3)16-13/h11H,4-10H2,1-3H3,(H,15,16,17). The van der Waals surface area contributed by atoms with Crippen LogP contribution in [0.2, 0.25) is 0 Å². The van der Waals surface area contributed by atoms with Crippen molar-refractivity contribution >= 4 is 5.82 Å². The largest absolute Gasteiger partial charge is 0.478 e. The quantitative estimate of drug-likeness (QED) is 0.682. The molecule has 18 heavy (non-hydrogen) atoms. The van der Waals surface area contributed by atoms with Crippen LogP contribution in [0.5, 0.6) is 5.88 Å². The van der Waals surface area contributed by atoms with Gasteiger partial charge < -0.3 is 10.1 Å². The van der Waals surface area contributed by atoms with E-state index in [1.807, 2.05) is 13.0 Å². The van der Waals surface area contributed by atoms with Crippen LogP contribution in [0.1, 0.15) is 51.8 Å². The first-order valence-electron chi connectivity index (χ1n) is 6.98. The zero-order valence-electron chi connectivity index (χ0n) is 11.8. The number of aromatic nitrogens is 2. The van der Waals surface area contributed by atoms with Gasteiger partial charge >= 0.3 is 0 Å². The fourth-order valence-corrected chi connectivity index (χ4v) is 1.68. The molecule has 0 unspecified atom stereocenters. The molecular formula is C14H25N3O. The van der Waals surface area contributed by atoms with Gasteiger partial charge in [0.1, 0.15) is 11.6 Å². The number of anilines is 1. The van der Waals surface area contributed by atoms with E-state index < -0.39 is 0 Å². The highest BCUT2D eigenvalue weighted by Gasteiger charge is 2.02. The number of nitrogens with one attached hydrogen (secondary N) is 1. The van der Waals surface area contributed by atoms with Gasteiger partial charge in [-0.25, -0.2) is 4.98 Å². The molecule has 1 aromatic heterocycles. The van der Waals surface area contributed by atoms with Gasteiger partial charge in [-0.05, 0) is 19.8 Å². The van der Waals surface area contributed by atoms with Crippen molar-refractivity contribution in [1.29, 1.82) is 0 Å². The lowest BCUT2D eigenvalue weighted by Crippen LogP contribution is -2.06. The molecule has 0 radical (unpaired) electrons. The van der Waals surface area contributed by atoms with Gasteiger partial charge in [0.05, 0.1) is 6.61 Å². The number of hydrogen-bond acceptors (Lipinski definition) is 4. The maximum atomic E-state index is 5.53. The van der Waals surface area contributed by atoms with Crippen LogP contribution in [0.15, 0.2) is 6.07 Å². The molecule has 0 fully saturated rings. The molecule has 4 nitrogen and oxygen atoms in total. The van der Waals surface area contributed by atoms with Crippen LogP contribution in [0.25, 0.3) is 0 Å². The Kier molecular flexibility index (Phi) is 7.14. The van der Waals surface area contributed by atoms with Crippen molar-refractivity contribution < 1.29 is 4.74 Å². The summed E-state index contributed by atoms with van der Waals surface area (Å²) >= 11 is 0. The summed E-state index contributed by atoms with van der Waals surface area (Å²) in [5, 5.41) is 3.33. The van der Waals surface area contributed by atoms with Crippen molar-refractivity contribution in [2.45, 2.75) is 52.9 Å². The minimum Gasteiger partial charge on any atom is -0.478 e. The molecule has 0 spiro atoms. The summed E-state index contributed by atoms with van der Waals surface area (Å²) < 4.78 is 5.53. The number of ether oxygens (including phenoxy) is 1. The minimum absolute atomic E-state index is 0.667. The summed E-state index contributed by atoms with van der Waals surface area (Å²) in [4.78, 5) is 8.61. The third-order valence-electron chi connectivity index (χ3n) is 2.60. The zero-order valence-corrected chi connectivity index (χ0v) is 11.8. The van der Waals surface area contributed by atoms with E-state index in [-0.39, 0.29) is 0 Å². The van der Waals surface area contributed by atoms with Gasteiger partial charge in [0.2, 0.25) is 5.88 Å². The molecular weight excluding hydrogens is 226 g/mol. The smallest absolute Gasteiger partial charge is 0.218 e. The molecule has 0 bridgehead atoms. The Balaban J connectivity index is 2.41. The Bertz CT molecular complexity index is 342. The SMILES string of the molecule is CCCCCCNc1cc(OCCC)nc(C)n1. The Morgan fingerprint density at radius 2 is 1.94 bits per heavy atom. The Morgan fingerprint density at radius 1 is 1.11 bits per heavy atom. The molecule has 1 N–H and O–H groups in total. The molecule has 0 saturated carbocycles. The van der Waals surface area contributed by atoms with Gasteiger partial charge in [-0.3, -0.25) is 0 Å². The molecule has 0 aliphatic heterocycles. The van der Waals surface area contributed by atoms with Gasteiger partial charge in [0, 0.05) is 12.6 Å². The second-order valence-electron chi connectivity index (χ2n) is 4.47. The molecule has 0 amide bonds. The van der Waals surface area contributed by atoms with Crippen LogP contribution in [-0.2, 0) is 0 Å². The molecule has 0 aliphatic rings. The topological polar surface area (TPSA) is 47.0 Å². The summed E-state index contributed by atoms with van der Waals surface area (Å²) in [5.41, 5.74) is 0. The summed E-state index contributed by atoms with van der Waals surface area (Å²) in [6, 6.07) is 1.88. The highest BCUT2D eigenvalue weighted by molar-refractivity contribution is 5.38. The predicted octanol–water partition coefficient (Wildman–Crippen LogP) is 3.57. The summed E-state index contributed by atoms with van der Waals surface area (Å²) in [6.07, 6.45) is 6.01. The molecule has 102 valence electrons. The van der Waals surface area contributed by atoms with Crippen LogP contribution in [0, 0.1) is 6.92 Å². The lowest BCUT2D eigenvalue weighted by atomic mass is 10.2. The van der Waals surface area contributed by atoms with E-state index in [1.54, 1.807) is 0 Å². The molecule has 1 rings (SSSR count). The first-order chi connectivity index (χ1) is 8.76. The van der Waals surface area contributed by atoms with E-state index in [1.165, 1.54) is 25.7 Å². The number of aryl methyl sites for hydroxylation is 1. The summed E-state index contributed by atoms with van der Waals surface area (Å²) in [7, 11) is 0. The van der Waals surface area contributed by atoms with Gasteiger partial charge in [-0.2, -0.15) is 4.98 Å². The van der Waals surface area contributed by atoms with Crippen LogP contribution in [-0.4, -0.2) is 23.1 Å². The molecule has 0 atom stereocenters. The first-order valence-corrected chi connectivity index (χ1v) is 6.98. The Hall–Kier alpha value is -1.32. The lowest BCUT2D eigenvalue weighted by Gasteiger charge is -2.09. The molecule has 1 heterocycles. The third kappa shape index (κ3) is 5.84. The van der Waals surface area contributed by atoms with Crippen LogP contribution >= 0.6 is 0 Å². The third-order valence-corrected chi connectivity index (χ3v) is 2.60. The van der Waals surface area contributed by atoms with E-state index >= 15 is 0 Å². The second kappa shape index (κ2) is 8.72. The van der Waals surface area contributed by atoms with Crippen molar-refractivity contribution in [3.63, 3.8) is 0 Å². The van der Waals surface area contributed by atoms with E-state index in [4.69, 9.17) is 4.74 Å². The molecule has 0 aromatic carbocycles. The monoisotopic (exact) mass is 251 g/mol. The number of nitrogens with zero attached hydrogens (tertiary/aromatic N) is 2. The number of unbranched alkanes of at least 4 members (excludes halogenated alkanes) is 3. The maximum absolute atomic E-state index is 5.53. The fraction of sp³-hybridized carbons (Fsp3) is 0.714. The molecule has 0 saturated heterocycles. The van der Waals surface area contributed by atoms with Crippen LogP contribution in [0.3, 0.4) is 0 Å². The second-order valence-corrected chi connectivity index (χ2v) is 4.47. The Labute approximate surface area is 110 Å². The van der Waals surface area contributed by atoms with E-state index in [0.717, 1.165) is 24.6 Å². The highest BCUT2D eigenvalue weighted by atomic mass is 16.5. The summed E-state index contributed by atoms with van der Waals surface area (Å²) in [5.74, 6) is 2.28.